The molecule has 3 heterocycles. The number of halogens is 1. The van der Waals surface area contributed by atoms with E-state index in [1.165, 1.54) is 18.5 Å². The van der Waals surface area contributed by atoms with Crippen LogP contribution in [0.4, 0.5) is 15.0 Å². The molecule has 5 rings (SSSR count). The molecule has 0 radical (unpaired) electrons. The lowest BCUT2D eigenvalue weighted by molar-refractivity contribution is 0.191. The average molecular weight is 478 g/mol. The number of H-pyrrole nitrogens is 1. The number of rotatable bonds is 5. The fourth-order valence-electron chi connectivity index (χ4n) is 4.29. The van der Waals surface area contributed by atoms with Crippen LogP contribution in [0.3, 0.4) is 0 Å². The Labute approximate surface area is 207 Å². The molecule has 2 aromatic carbocycles. The zero-order chi connectivity index (χ0) is 26.9. The van der Waals surface area contributed by atoms with E-state index < -0.39 is 7.04 Å². The van der Waals surface area contributed by atoms with Crippen molar-refractivity contribution in [3.05, 3.63) is 72.3 Å². The number of fused-ring (bicyclic) bond motifs is 1. The third-order valence-corrected chi connectivity index (χ3v) is 6.24. The fraction of sp³-hybridized carbons (Fsp3) is 0.269. The minimum atomic E-state index is -2.54. The van der Waals surface area contributed by atoms with Crippen LogP contribution >= 0.6 is 0 Å². The molecule has 4 aromatic rings. The molecule has 2 N–H and O–H groups in total. The standard InChI is InChI=1S/C26H27FN6O2/c1-17(19-4-3-5-21(14-19)35-2)30-26(34)33-12-10-32(11-13-33)25-22-15-23(31-24(22)28-16-29-25)18-6-8-20(27)9-7-18/h3-9,14-17H,10-13H2,1-2H3,(H,30,34)(H,28,29,31)/t17-/m0/s1/i2D3. The highest BCUT2D eigenvalue weighted by Crippen LogP contribution is 2.29. The van der Waals surface area contributed by atoms with E-state index in [-0.39, 0.29) is 23.6 Å². The van der Waals surface area contributed by atoms with Gasteiger partial charge in [-0.3, -0.25) is 0 Å². The van der Waals surface area contributed by atoms with Gasteiger partial charge in [0.25, 0.3) is 0 Å². The van der Waals surface area contributed by atoms with Crippen LogP contribution in [0.25, 0.3) is 22.3 Å². The van der Waals surface area contributed by atoms with Crippen molar-refractivity contribution in [3.8, 4) is 17.0 Å². The van der Waals surface area contributed by atoms with Gasteiger partial charge in [-0.1, -0.05) is 12.1 Å². The summed E-state index contributed by atoms with van der Waals surface area (Å²) in [6.45, 7) is 4.02. The number of urea groups is 1. The number of ether oxygens (including phenoxy) is 1. The number of benzene rings is 2. The molecular weight excluding hydrogens is 447 g/mol. The average Bonchev–Trinajstić information content (AvgIpc) is 3.33. The van der Waals surface area contributed by atoms with Gasteiger partial charge in [-0.2, -0.15) is 0 Å². The third kappa shape index (κ3) is 4.75. The van der Waals surface area contributed by atoms with E-state index in [1.54, 1.807) is 35.2 Å². The van der Waals surface area contributed by atoms with Gasteiger partial charge in [-0.15, -0.1) is 0 Å². The lowest BCUT2D eigenvalue weighted by Crippen LogP contribution is -2.52. The molecule has 1 aliphatic rings. The summed E-state index contributed by atoms with van der Waals surface area (Å²) >= 11 is 0. The van der Waals surface area contributed by atoms with Gasteiger partial charge in [-0.05, 0) is 60.5 Å². The van der Waals surface area contributed by atoms with E-state index in [0.717, 1.165) is 28.0 Å². The van der Waals surface area contributed by atoms with E-state index in [9.17, 15) is 9.18 Å². The minimum Gasteiger partial charge on any atom is -0.497 e. The van der Waals surface area contributed by atoms with Gasteiger partial charge in [0.1, 0.15) is 29.4 Å². The van der Waals surface area contributed by atoms with Crippen molar-refractivity contribution >= 4 is 22.9 Å². The smallest absolute Gasteiger partial charge is 0.317 e. The van der Waals surface area contributed by atoms with Crippen molar-refractivity contribution in [2.45, 2.75) is 13.0 Å². The maximum absolute atomic E-state index is 13.3. The summed E-state index contributed by atoms with van der Waals surface area (Å²) in [4.78, 5) is 29.0. The molecule has 2 amide bonds. The van der Waals surface area contributed by atoms with E-state index in [4.69, 9.17) is 8.85 Å². The molecule has 1 saturated heterocycles. The molecule has 0 unspecified atom stereocenters. The first-order chi connectivity index (χ1) is 18.2. The van der Waals surface area contributed by atoms with Crippen LogP contribution in [0.15, 0.2) is 60.9 Å². The zero-order valence-corrected chi connectivity index (χ0v) is 19.2. The summed E-state index contributed by atoms with van der Waals surface area (Å²) in [5.41, 5.74) is 3.10. The molecule has 180 valence electrons. The molecule has 35 heavy (non-hydrogen) atoms. The number of hydrogen-bond acceptors (Lipinski definition) is 5. The Hall–Kier alpha value is -4.14. The molecule has 1 atom stereocenters. The summed E-state index contributed by atoms with van der Waals surface area (Å²) in [6, 6.07) is 14.4. The van der Waals surface area contributed by atoms with Crippen LogP contribution in [0, 0.1) is 5.82 Å². The second kappa shape index (κ2) is 9.61. The monoisotopic (exact) mass is 477 g/mol. The predicted molar refractivity (Wildman–Crippen MR) is 133 cm³/mol. The Morgan fingerprint density at radius 1 is 1.14 bits per heavy atom. The molecule has 1 fully saturated rings. The zero-order valence-electron chi connectivity index (χ0n) is 22.2. The molecule has 0 spiro atoms. The number of anilines is 1. The molecule has 0 aliphatic carbocycles. The summed E-state index contributed by atoms with van der Waals surface area (Å²) in [7, 11) is -2.54. The maximum atomic E-state index is 13.3. The second-order valence-electron chi connectivity index (χ2n) is 8.47. The van der Waals surface area contributed by atoms with Crippen LogP contribution < -0.4 is 15.0 Å². The SMILES string of the molecule is [2H]C([2H])([2H])Oc1cccc([C@H](C)NC(=O)N2CCN(c3ncnc4[nH]c(-c5ccc(F)cc5)cc34)CC2)c1. The van der Waals surface area contributed by atoms with Crippen LogP contribution in [-0.4, -0.2) is 59.1 Å². The normalized spacial score (nSPS) is 16.3. The number of aromatic amines is 1. The third-order valence-electron chi connectivity index (χ3n) is 6.24. The second-order valence-corrected chi connectivity index (χ2v) is 8.47. The quantitative estimate of drug-likeness (QED) is 0.446. The molecule has 0 bridgehead atoms. The van der Waals surface area contributed by atoms with E-state index >= 15 is 0 Å². The number of carbonyl (C=O) groups is 1. The van der Waals surface area contributed by atoms with Crippen LogP contribution in [0.5, 0.6) is 5.75 Å². The van der Waals surface area contributed by atoms with Gasteiger partial charge in [0, 0.05) is 31.9 Å². The number of hydrogen-bond donors (Lipinski definition) is 2. The van der Waals surface area contributed by atoms with Crippen molar-refractivity contribution in [3.63, 3.8) is 0 Å². The molecule has 1 aliphatic heterocycles. The fourth-order valence-corrected chi connectivity index (χ4v) is 4.29. The summed E-state index contributed by atoms with van der Waals surface area (Å²) in [5.74, 6) is 0.706. The largest absolute Gasteiger partial charge is 0.497 e. The summed E-state index contributed by atoms with van der Waals surface area (Å²) in [5, 5.41) is 3.84. The number of aromatic nitrogens is 3. The maximum Gasteiger partial charge on any atom is 0.317 e. The first-order valence-electron chi connectivity index (χ1n) is 12.9. The topological polar surface area (TPSA) is 86.4 Å². The minimum absolute atomic E-state index is 0.202. The van der Waals surface area contributed by atoms with E-state index in [0.29, 0.717) is 31.8 Å². The Balaban J connectivity index is 1.22. The highest BCUT2D eigenvalue weighted by Gasteiger charge is 2.25. The predicted octanol–water partition coefficient (Wildman–Crippen LogP) is 4.37. The van der Waals surface area contributed by atoms with Crippen molar-refractivity contribution in [1.82, 2.24) is 25.2 Å². The van der Waals surface area contributed by atoms with Crippen molar-refractivity contribution < 1.29 is 18.0 Å². The van der Waals surface area contributed by atoms with Gasteiger partial charge in [-0.25, -0.2) is 19.2 Å². The van der Waals surface area contributed by atoms with Gasteiger partial charge < -0.3 is 24.8 Å². The van der Waals surface area contributed by atoms with Crippen molar-refractivity contribution in [2.75, 3.05) is 38.1 Å². The van der Waals surface area contributed by atoms with Crippen LogP contribution in [0.1, 0.15) is 22.6 Å². The highest BCUT2D eigenvalue weighted by molar-refractivity contribution is 5.92. The number of methoxy groups -OCH3 is 1. The molecule has 0 saturated carbocycles. The Bertz CT molecular complexity index is 1440. The van der Waals surface area contributed by atoms with E-state index in [1.807, 2.05) is 19.1 Å². The van der Waals surface area contributed by atoms with Gasteiger partial charge in [0.15, 0.2) is 0 Å². The van der Waals surface area contributed by atoms with Gasteiger partial charge >= 0.3 is 6.03 Å². The van der Waals surface area contributed by atoms with Crippen molar-refractivity contribution in [1.29, 1.82) is 0 Å². The molecule has 2 aromatic heterocycles. The van der Waals surface area contributed by atoms with Crippen LogP contribution in [-0.2, 0) is 0 Å². The summed E-state index contributed by atoms with van der Waals surface area (Å²) < 4.78 is 40.1. The number of nitrogens with one attached hydrogen (secondary N) is 2. The molecule has 9 heteroatoms. The lowest BCUT2D eigenvalue weighted by atomic mass is 10.1. The number of amides is 2. The highest BCUT2D eigenvalue weighted by atomic mass is 19.1. The Morgan fingerprint density at radius 3 is 2.71 bits per heavy atom. The molecular formula is C26H27FN6O2. The van der Waals surface area contributed by atoms with Gasteiger partial charge in [0.05, 0.1) is 22.6 Å². The van der Waals surface area contributed by atoms with Crippen LogP contribution in [0.2, 0.25) is 0 Å². The molecule has 8 nitrogen and oxygen atoms in total. The Kier molecular flexibility index (Phi) is 5.27. The first-order valence-corrected chi connectivity index (χ1v) is 11.4. The number of nitrogens with zero attached hydrogens (tertiary/aromatic N) is 4. The number of piperazine rings is 1. The van der Waals surface area contributed by atoms with Crippen molar-refractivity contribution in [2.24, 2.45) is 0 Å². The lowest BCUT2D eigenvalue weighted by Gasteiger charge is -2.36. The Morgan fingerprint density at radius 2 is 1.94 bits per heavy atom. The van der Waals surface area contributed by atoms with E-state index in [2.05, 4.69) is 25.2 Å². The van der Waals surface area contributed by atoms with Gasteiger partial charge in [0.2, 0.25) is 0 Å². The first kappa shape index (κ1) is 19.2. The summed E-state index contributed by atoms with van der Waals surface area (Å²) in [6.07, 6.45) is 1.51. The number of carbonyl (C=O) groups excluding carboxylic acids is 1.